The van der Waals surface area contributed by atoms with Crippen molar-refractivity contribution >= 4 is 23.5 Å². The largest absolute Gasteiger partial charge is 0.453 e. The molecular formula is C26H24FN7O3. The standard InChI is InChI=1S/C26H24FN7O3/c1-15-20(12-19(14-30-15)32-24(35)17-6-7-28-22(10-17)26(2,3)27)21-9-18(13-31-34-21)16-5-8-29-23(11-16)33-25(36)37-4/h5-14H,1-4H3,(H,32,35)(H,29,33,36). The van der Waals surface area contributed by atoms with Crippen molar-refractivity contribution in [1.82, 2.24) is 25.1 Å². The quantitative estimate of drug-likeness (QED) is 0.380. The molecule has 0 aliphatic rings. The van der Waals surface area contributed by atoms with Crippen LogP contribution in [0, 0.1) is 6.92 Å². The third-order valence-electron chi connectivity index (χ3n) is 5.42. The molecule has 188 valence electrons. The number of aryl methyl sites for hydroxylation is 1. The van der Waals surface area contributed by atoms with Crippen LogP contribution in [0.15, 0.2) is 61.2 Å². The highest BCUT2D eigenvalue weighted by Crippen LogP contribution is 2.28. The SMILES string of the molecule is COC(=O)Nc1cc(-c2cnnc(-c3cc(NC(=O)c4ccnc(C(C)(C)F)c4)cnc3C)c2)ccn1. The fraction of sp³-hybridized carbons (Fsp3) is 0.192. The summed E-state index contributed by atoms with van der Waals surface area (Å²) in [7, 11) is 1.27. The van der Waals surface area contributed by atoms with Gasteiger partial charge >= 0.3 is 6.09 Å². The highest BCUT2D eigenvalue weighted by molar-refractivity contribution is 6.04. The van der Waals surface area contributed by atoms with Crippen LogP contribution in [0.2, 0.25) is 0 Å². The zero-order valence-corrected chi connectivity index (χ0v) is 20.6. The van der Waals surface area contributed by atoms with Crippen molar-refractivity contribution in [1.29, 1.82) is 0 Å². The van der Waals surface area contributed by atoms with Gasteiger partial charge in [-0.05, 0) is 62.7 Å². The number of alkyl halides is 1. The zero-order valence-electron chi connectivity index (χ0n) is 20.6. The Kier molecular flexibility index (Phi) is 7.14. The van der Waals surface area contributed by atoms with Crippen LogP contribution in [0.25, 0.3) is 22.4 Å². The number of carbonyl (C=O) groups excluding carboxylic acids is 2. The topological polar surface area (TPSA) is 132 Å². The lowest BCUT2D eigenvalue weighted by atomic mass is 10.0. The molecule has 2 N–H and O–H groups in total. The second-order valence-corrected chi connectivity index (χ2v) is 8.59. The lowest BCUT2D eigenvalue weighted by Crippen LogP contribution is -2.16. The van der Waals surface area contributed by atoms with Gasteiger partial charge in [-0.3, -0.25) is 20.1 Å². The number of anilines is 2. The maximum absolute atomic E-state index is 14.3. The second kappa shape index (κ2) is 10.4. The average molecular weight is 502 g/mol. The molecule has 4 rings (SSSR count). The van der Waals surface area contributed by atoms with E-state index in [1.807, 2.05) is 13.0 Å². The Labute approximate surface area is 212 Å². The van der Waals surface area contributed by atoms with Gasteiger partial charge in [0, 0.05) is 34.8 Å². The fourth-order valence-electron chi connectivity index (χ4n) is 3.45. The summed E-state index contributed by atoms with van der Waals surface area (Å²) in [5.74, 6) is -0.104. The Bertz CT molecular complexity index is 1470. The molecule has 4 aromatic rings. The summed E-state index contributed by atoms with van der Waals surface area (Å²) in [5.41, 5.74) is 2.54. The molecule has 0 aliphatic heterocycles. The Balaban J connectivity index is 1.60. The lowest BCUT2D eigenvalue weighted by molar-refractivity contribution is 0.102. The van der Waals surface area contributed by atoms with Crippen LogP contribution in [-0.4, -0.2) is 44.3 Å². The molecule has 0 saturated carbocycles. The maximum atomic E-state index is 14.3. The summed E-state index contributed by atoms with van der Waals surface area (Å²) in [5, 5.41) is 13.7. The molecule has 0 spiro atoms. The number of aromatic nitrogens is 5. The number of halogens is 1. The van der Waals surface area contributed by atoms with Gasteiger partial charge in [0.05, 0.1) is 36.6 Å². The minimum Gasteiger partial charge on any atom is -0.453 e. The fourth-order valence-corrected chi connectivity index (χ4v) is 3.45. The van der Waals surface area contributed by atoms with Gasteiger partial charge in [-0.1, -0.05) is 0 Å². The van der Waals surface area contributed by atoms with Gasteiger partial charge in [0.2, 0.25) is 0 Å². The summed E-state index contributed by atoms with van der Waals surface area (Å²) < 4.78 is 18.9. The molecule has 2 amide bonds. The van der Waals surface area contributed by atoms with E-state index in [9.17, 15) is 14.0 Å². The van der Waals surface area contributed by atoms with Crippen LogP contribution in [0.5, 0.6) is 0 Å². The normalized spacial score (nSPS) is 11.1. The number of methoxy groups -OCH3 is 1. The maximum Gasteiger partial charge on any atom is 0.412 e. The Morgan fingerprint density at radius 1 is 0.946 bits per heavy atom. The first-order valence-corrected chi connectivity index (χ1v) is 11.2. The molecule has 0 aliphatic carbocycles. The molecule has 0 fully saturated rings. The number of ether oxygens (including phenoxy) is 1. The molecule has 4 heterocycles. The molecule has 0 atom stereocenters. The minimum absolute atomic E-state index is 0.163. The Morgan fingerprint density at radius 2 is 1.73 bits per heavy atom. The van der Waals surface area contributed by atoms with E-state index in [1.165, 1.54) is 45.5 Å². The number of hydrogen-bond acceptors (Lipinski definition) is 8. The molecule has 11 heteroatoms. The van der Waals surface area contributed by atoms with Crippen molar-refractivity contribution in [3.8, 4) is 22.4 Å². The number of nitrogens with zero attached hydrogens (tertiary/aromatic N) is 5. The first kappa shape index (κ1) is 25.3. The van der Waals surface area contributed by atoms with E-state index in [2.05, 4.69) is 40.5 Å². The van der Waals surface area contributed by atoms with Gasteiger partial charge < -0.3 is 10.1 Å². The second-order valence-electron chi connectivity index (χ2n) is 8.59. The van der Waals surface area contributed by atoms with Gasteiger partial charge in [-0.25, -0.2) is 14.2 Å². The third-order valence-corrected chi connectivity index (χ3v) is 5.42. The highest BCUT2D eigenvalue weighted by atomic mass is 19.1. The first-order valence-electron chi connectivity index (χ1n) is 11.2. The van der Waals surface area contributed by atoms with Crippen molar-refractivity contribution in [2.75, 3.05) is 17.7 Å². The van der Waals surface area contributed by atoms with Crippen LogP contribution in [0.1, 0.15) is 35.6 Å². The molecule has 0 bridgehead atoms. The lowest BCUT2D eigenvalue weighted by Gasteiger charge is -2.14. The van der Waals surface area contributed by atoms with Crippen molar-refractivity contribution in [3.63, 3.8) is 0 Å². The van der Waals surface area contributed by atoms with E-state index in [0.29, 0.717) is 28.5 Å². The monoisotopic (exact) mass is 501 g/mol. The van der Waals surface area contributed by atoms with Crippen LogP contribution in [0.3, 0.4) is 0 Å². The van der Waals surface area contributed by atoms with Gasteiger partial charge in [-0.2, -0.15) is 10.2 Å². The third kappa shape index (κ3) is 6.07. The number of nitrogens with one attached hydrogen (secondary N) is 2. The van der Waals surface area contributed by atoms with E-state index >= 15 is 0 Å². The number of carbonyl (C=O) groups is 2. The van der Waals surface area contributed by atoms with Crippen molar-refractivity contribution in [2.24, 2.45) is 0 Å². The van der Waals surface area contributed by atoms with Crippen LogP contribution < -0.4 is 10.6 Å². The first-order chi connectivity index (χ1) is 17.6. The number of hydrogen-bond donors (Lipinski definition) is 2. The van der Waals surface area contributed by atoms with Crippen LogP contribution in [0.4, 0.5) is 20.7 Å². The van der Waals surface area contributed by atoms with Gasteiger partial charge in [-0.15, -0.1) is 0 Å². The molecular weight excluding hydrogens is 477 g/mol. The van der Waals surface area contributed by atoms with Gasteiger partial charge in [0.25, 0.3) is 5.91 Å². The summed E-state index contributed by atoms with van der Waals surface area (Å²) in [6, 6.07) is 9.95. The molecule has 4 aromatic heterocycles. The van der Waals surface area contributed by atoms with Crippen LogP contribution >= 0.6 is 0 Å². The van der Waals surface area contributed by atoms with Gasteiger partial charge in [0.1, 0.15) is 11.5 Å². The van der Waals surface area contributed by atoms with Crippen LogP contribution in [-0.2, 0) is 10.4 Å². The molecule has 10 nitrogen and oxygen atoms in total. The highest BCUT2D eigenvalue weighted by Gasteiger charge is 2.22. The zero-order chi connectivity index (χ0) is 26.6. The van der Waals surface area contributed by atoms with Crippen molar-refractivity contribution in [2.45, 2.75) is 26.4 Å². The van der Waals surface area contributed by atoms with Gasteiger partial charge in [0.15, 0.2) is 0 Å². The average Bonchev–Trinajstić information content (AvgIpc) is 2.89. The predicted molar refractivity (Wildman–Crippen MR) is 136 cm³/mol. The number of rotatable bonds is 6. The minimum atomic E-state index is -1.68. The van der Waals surface area contributed by atoms with E-state index in [0.717, 1.165) is 11.1 Å². The summed E-state index contributed by atoms with van der Waals surface area (Å²) in [4.78, 5) is 36.9. The predicted octanol–water partition coefficient (Wildman–Crippen LogP) is 4.94. The molecule has 37 heavy (non-hydrogen) atoms. The summed E-state index contributed by atoms with van der Waals surface area (Å²) >= 11 is 0. The van der Waals surface area contributed by atoms with E-state index < -0.39 is 17.7 Å². The van der Waals surface area contributed by atoms with E-state index in [1.54, 1.807) is 30.6 Å². The van der Waals surface area contributed by atoms with Crippen molar-refractivity contribution in [3.05, 3.63) is 78.1 Å². The summed E-state index contributed by atoms with van der Waals surface area (Å²) in [6.07, 6.45) is 5.44. The Hall–Kier alpha value is -4.80. The van der Waals surface area contributed by atoms with E-state index in [-0.39, 0.29) is 11.3 Å². The van der Waals surface area contributed by atoms with E-state index in [4.69, 9.17) is 0 Å². The molecule has 0 saturated heterocycles. The number of amides is 2. The Morgan fingerprint density at radius 3 is 2.49 bits per heavy atom. The molecule has 0 aromatic carbocycles. The smallest absolute Gasteiger partial charge is 0.412 e. The molecule has 0 radical (unpaired) electrons. The number of pyridine rings is 3. The van der Waals surface area contributed by atoms with Crippen molar-refractivity contribution < 1.29 is 18.7 Å². The summed E-state index contributed by atoms with van der Waals surface area (Å²) in [6.45, 7) is 4.58. The molecule has 0 unspecified atom stereocenters.